The van der Waals surface area contributed by atoms with E-state index in [1.165, 1.54) is 11.3 Å². The van der Waals surface area contributed by atoms with Gasteiger partial charge >= 0.3 is 0 Å². The number of benzene rings is 1. The summed E-state index contributed by atoms with van der Waals surface area (Å²) >= 11 is 0. The number of amides is 1. The molecule has 0 radical (unpaired) electrons. The topological polar surface area (TPSA) is 73.8 Å². The quantitative estimate of drug-likeness (QED) is 0.682. The Hall–Kier alpha value is -2.71. The summed E-state index contributed by atoms with van der Waals surface area (Å²) in [7, 11) is 0. The molecule has 0 saturated carbocycles. The first-order valence-electron chi connectivity index (χ1n) is 11.7. The maximum atomic E-state index is 13.3. The minimum Gasteiger partial charge on any atom is -0.379 e. The predicted octanol–water partition coefficient (Wildman–Crippen LogP) is 1.18. The van der Waals surface area contributed by atoms with Crippen LogP contribution in [-0.2, 0) is 16.0 Å². The van der Waals surface area contributed by atoms with E-state index in [0.717, 1.165) is 71.3 Å². The fourth-order valence-electron chi connectivity index (χ4n) is 5.16. The van der Waals surface area contributed by atoms with Gasteiger partial charge in [0.05, 0.1) is 25.2 Å². The van der Waals surface area contributed by atoms with E-state index in [-0.39, 0.29) is 17.9 Å². The summed E-state index contributed by atoms with van der Waals surface area (Å²) in [5.41, 5.74) is 2.53. The lowest BCUT2D eigenvalue weighted by Gasteiger charge is -2.49. The molecule has 1 N–H and O–H groups in total. The number of para-hydroxylation sites is 1. The van der Waals surface area contributed by atoms with Gasteiger partial charge in [-0.2, -0.15) is 0 Å². The third-order valence-corrected chi connectivity index (χ3v) is 6.85. The molecule has 0 aliphatic carbocycles. The molecule has 1 aromatic carbocycles. The van der Waals surface area contributed by atoms with Gasteiger partial charge in [0, 0.05) is 57.3 Å². The highest BCUT2D eigenvalue weighted by atomic mass is 16.5. The lowest BCUT2D eigenvalue weighted by molar-refractivity contribution is -0.125. The Bertz CT molecular complexity index is 904. The fourth-order valence-corrected chi connectivity index (χ4v) is 5.16. The number of carbonyl (C=O) groups excluding carboxylic acids is 1. The van der Waals surface area contributed by atoms with Gasteiger partial charge in [-0.15, -0.1) is 0 Å². The van der Waals surface area contributed by atoms with Crippen molar-refractivity contribution in [2.45, 2.75) is 18.9 Å². The van der Waals surface area contributed by atoms with Gasteiger partial charge in [0.25, 0.3) is 0 Å². The Balaban J connectivity index is 1.26. The van der Waals surface area contributed by atoms with E-state index in [1.54, 1.807) is 12.4 Å². The number of piperazine rings is 1. The molecule has 4 heterocycles. The number of hydrogen-bond donors (Lipinski definition) is 1. The molecule has 8 nitrogen and oxygen atoms in total. The maximum Gasteiger partial charge on any atom is 0.225 e. The van der Waals surface area contributed by atoms with E-state index in [4.69, 9.17) is 4.74 Å². The third-order valence-electron chi connectivity index (χ3n) is 6.85. The van der Waals surface area contributed by atoms with Crippen LogP contribution in [0, 0.1) is 5.92 Å². The van der Waals surface area contributed by atoms with Gasteiger partial charge in [0.1, 0.15) is 0 Å². The second kappa shape index (κ2) is 9.83. The predicted molar refractivity (Wildman–Crippen MR) is 124 cm³/mol. The number of nitrogens with zero attached hydrogens (tertiary/aromatic N) is 5. The lowest BCUT2D eigenvalue weighted by atomic mass is 9.83. The van der Waals surface area contributed by atoms with Crippen molar-refractivity contribution in [3.05, 3.63) is 48.3 Å². The van der Waals surface area contributed by atoms with Crippen molar-refractivity contribution in [1.82, 2.24) is 20.2 Å². The Morgan fingerprint density at radius 3 is 2.72 bits per heavy atom. The molecule has 0 bridgehead atoms. The van der Waals surface area contributed by atoms with Gasteiger partial charge in [0.2, 0.25) is 11.9 Å². The summed E-state index contributed by atoms with van der Waals surface area (Å²) in [6, 6.07) is 10.5. The average molecular weight is 437 g/mol. The average Bonchev–Trinajstić information content (AvgIpc) is 2.87. The highest BCUT2D eigenvalue weighted by Crippen LogP contribution is 2.36. The van der Waals surface area contributed by atoms with E-state index in [1.807, 2.05) is 6.07 Å². The fraction of sp³-hybridized carbons (Fsp3) is 0.542. The first-order chi connectivity index (χ1) is 15.8. The molecule has 0 unspecified atom stereocenters. The highest BCUT2D eigenvalue weighted by molar-refractivity contribution is 5.82. The Morgan fingerprint density at radius 1 is 1.06 bits per heavy atom. The molecule has 2 atom stereocenters. The molecular formula is C24H32N6O2. The summed E-state index contributed by atoms with van der Waals surface area (Å²) < 4.78 is 5.41. The van der Waals surface area contributed by atoms with Crippen LogP contribution in [0.2, 0.25) is 0 Å². The number of carbonyl (C=O) groups is 1. The Labute approximate surface area is 189 Å². The van der Waals surface area contributed by atoms with E-state index < -0.39 is 0 Å². The second-order valence-electron chi connectivity index (χ2n) is 8.79. The molecule has 1 aromatic heterocycles. The number of fused-ring (bicyclic) bond motifs is 3. The minimum absolute atomic E-state index is 0.0835. The molecule has 2 fully saturated rings. The van der Waals surface area contributed by atoms with Crippen LogP contribution >= 0.6 is 0 Å². The zero-order valence-electron chi connectivity index (χ0n) is 18.5. The van der Waals surface area contributed by atoms with E-state index >= 15 is 0 Å². The standard InChI is InChI=1S/C24H32N6O2/c31-23(25-9-4-10-28-13-15-32-16-14-28)20-17-19-5-1-2-6-21(19)30-12-11-29(18-22(20)30)24-26-7-3-8-27-24/h1-3,5-8,20,22H,4,9-18H2,(H,25,31)/t20-,22+/m1/s1. The van der Waals surface area contributed by atoms with Crippen molar-refractivity contribution in [3.63, 3.8) is 0 Å². The highest BCUT2D eigenvalue weighted by Gasteiger charge is 2.41. The summed E-state index contributed by atoms with van der Waals surface area (Å²) in [6.45, 7) is 7.79. The van der Waals surface area contributed by atoms with Crippen molar-refractivity contribution in [3.8, 4) is 0 Å². The number of aromatic nitrogens is 2. The van der Waals surface area contributed by atoms with Gasteiger partial charge < -0.3 is 19.9 Å². The van der Waals surface area contributed by atoms with Crippen molar-refractivity contribution >= 4 is 17.5 Å². The largest absolute Gasteiger partial charge is 0.379 e. The lowest BCUT2D eigenvalue weighted by Crippen LogP contribution is -2.61. The summed E-state index contributed by atoms with van der Waals surface area (Å²) in [4.78, 5) is 29.3. The first-order valence-corrected chi connectivity index (χ1v) is 11.7. The van der Waals surface area contributed by atoms with Crippen molar-refractivity contribution in [1.29, 1.82) is 0 Å². The summed E-state index contributed by atoms with van der Waals surface area (Å²) in [5.74, 6) is 0.822. The molecule has 0 spiro atoms. The van der Waals surface area contributed by atoms with Crippen LogP contribution < -0.4 is 15.1 Å². The van der Waals surface area contributed by atoms with E-state index in [2.05, 4.69) is 54.2 Å². The first kappa shape index (κ1) is 21.2. The van der Waals surface area contributed by atoms with Crippen LogP contribution in [0.4, 0.5) is 11.6 Å². The third kappa shape index (κ3) is 4.56. The van der Waals surface area contributed by atoms with Gasteiger partial charge in [0.15, 0.2) is 0 Å². The maximum absolute atomic E-state index is 13.3. The zero-order chi connectivity index (χ0) is 21.8. The number of nitrogens with one attached hydrogen (secondary N) is 1. The van der Waals surface area contributed by atoms with Crippen LogP contribution in [0.1, 0.15) is 12.0 Å². The van der Waals surface area contributed by atoms with Crippen molar-refractivity contribution in [2.24, 2.45) is 5.92 Å². The van der Waals surface area contributed by atoms with Gasteiger partial charge in [-0.25, -0.2) is 9.97 Å². The van der Waals surface area contributed by atoms with Crippen LogP contribution in [0.25, 0.3) is 0 Å². The van der Waals surface area contributed by atoms with Crippen molar-refractivity contribution < 1.29 is 9.53 Å². The van der Waals surface area contributed by atoms with E-state index in [0.29, 0.717) is 6.54 Å². The van der Waals surface area contributed by atoms with Crippen molar-refractivity contribution in [2.75, 3.05) is 68.8 Å². The van der Waals surface area contributed by atoms with Gasteiger partial charge in [-0.1, -0.05) is 18.2 Å². The molecule has 5 rings (SSSR count). The molecule has 32 heavy (non-hydrogen) atoms. The van der Waals surface area contributed by atoms with E-state index in [9.17, 15) is 4.79 Å². The SMILES string of the molecule is O=C(NCCCN1CCOCC1)[C@@H]1Cc2ccccc2N2CCN(c3ncccn3)C[C@@H]12. The molecule has 8 heteroatoms. The van der Waals surface area contributed by atoms with Crippen LogP contribution in [-0.4, -0.2) is 85.8 Å². The molecule has 2 aromatic rings. The van der Waals surface area contributed by atoms with Gasteiger partial charge in [-0.3, -0.25) is 9.69 Å². The van der Waals surface area contributed by atoms with Crippen LogP contribution in [0.5, 0.6) is 0 Å². The molecular weight excluding hydrogens is 404 g/mol. The second-order valence-corrected chi connectivity index (χ2v) is 8.79. The van der Waals surface area contributed by atoms with Crippen LogP contribution in [0.3, 0.4) is 0 Å². The Kier molecular flexibility index (Phi) is 6.50. The number of rotatable bonds is 6. The molecule has 2 saturated heterocycles. The molecule has 3 aliphatic rings. The number of morpholine rings is 1. The molecule has 170 valence electrons. The van der Waals surface area contributed by atoms with Gasteiger partial charge in [-0.05, 0) is 37.1 Å². The smallest absolute Gasteiger partial charge is 0.225 e. The summed E-state index contributed by atoms with van der Waals surface area (Å²) in [6.07, 6.45) is 5.30. The number of hydrogen-bond acceptors (Lipinski definition) is 7. The van der Waals surface area contributed by atoms with Crippen LogP contribution in [0.15, 0.2) is 42.7 Å². The molecule has 1 amide bonds. The molecule has 3 aliphatic heterocycles. The number of anilines is 2. The number of ether oxygens (including phenoxy) is 1. The normalized spacial score (nSPS) is 23.4. The summed E-state index contributed by atoms with van der Waals surface area (Å²) in [5, 5.41) is 3.24. The monoisotopic (exact) mass is 436 g/mol. The zero-order valence-corrected chi connectivity index (χ0v) is 18.5. The minimum atomic E-state index is -0.0835. The Morgan fingerprint density at radius 2 is 1.88 bits per heavy atom.